The first-order valence-electron chi connectivity index (χ1n) is 8.54. The highest BCUT2D eigenvalue weighted by atomic mass is 14.9. The maximum atomic E-state index is 4.72. The third kappa shape index (κ3) is 4.05. The topological polar surface area (TPSA) is 24.9 Å². The van der Waals surface area contributed by atoms with Crippen LogP contribution in [0, 0.1) is 0 Å². The summed E-state index contributed by atoms with van der Waals surface area (Å²) in [6.07, 6.45) is 12.3. The Hall–Kier alpha value is -0.890. The smallest absolute Gasteiger partial charge is 0.0481 e. The fraction of sp³-hybridized carbons (Fsp3) is 0.722. The van der Waals surface area contributed by atoms with Crippen LogP contribution >= 0.6 is 0 Å². The van der Waals surface area contributed by atoms with Gasteiger partial charge in [-0.1, -0.05) is 39.2 Å². The van der Waals surface area contributed by atoms with Gasteiger partial charge in [-0.2, -0.15) is 0 Å². The highest BCUT2D eigenvalue weighted by Crippen LogP contribution is 2.34. The van der Waals surface area contributed by atoms with Crippen molar-refractivity contribution in [2.75, 3.05) is 6.54 Å². The van der Waals surface area contributed by atoms with Crippen LogP contribution in [0.15, 0.2) is 18.3 Å². The minimum absolute atomic E-state index is 0.621. The van der Waals surface area contributed by atoms with Gasteiger partial charge >= 0.3 is 0 Å². The number of pyridine rings is 1. The van der Waals surface area contributed by atoms with Crippen molar-refractivity contribution in [3.8, 4) is 0 Å². The zero-order chi connectivity index (χ0) is 14.2. The van der Waals surface area contributed by atoms with Crippen molar-refractivity contribution in [3.05, 3.63) is 29.6 Å². The monoisotopic (exact) mass is 274 g/mol. The first kappa shape index (κ1) is 15.5. The highest BCUT2D eigenvalue weighted by Gasteiger charge is 2.28. The summed E-state index contributed by atoms with van der Waals surface area (Å²) >= 11 is 0. The van der Waals surface area contributed by atoms with Gasteiger partial charge in [0.1, 0.15) is 0 Å². The van der Waals surface area contributed by atoms with E-state index in [1.165, 1.54) is 62.6 Å². The average Bonchev–Trinajstić information content (AvgIpc) is 2.50. The molecule has 2 rings (SSSR count). The van der Waals surface area contributed by atoms with Crippen LogP contribution in [0.25, 0.3) is 0 Å². The first-order chi connectivity index (χ1) is 9.86. The number of hydrogen-bond acceptors (Lipinski definition) is 2. The van der Waals surface area contributed by atoms with Crippen molar-refractivity contribution >= 4 is 0 Å². The third-order valence-corrected chi connectivity index (χ3v) is 4.50. The Labute approximate surface area is 124 Å². The number of unbranched alkanes of at least 4 members (excludes halogenated alkanes) is 2. The van der Waals surface area contributed by atoms with E-state index in [-0.39, 0.29) is 0 Å². The lowest BCUT2D eigenvalue weighted by molar-refractivity contribution is 0.357. The lowest BCUT2D eigenvalue weighted by Crippen LogP contribution is -2.37. The van der Waals surface area contributed by atoms with E-state index in [4.69, 9.17) is 4.98 Å². The molecule has 1 aliphatic rings. The molecular formula is C18H30N2. The van der Waals surface area contributed by atoms with Gasteiger partial charge in [0, 0.05) is 23.9 Å². The molecule has 1 N–H and O–H groups in total. The quantitative estimate of drug-likeness (QED) is 0.708. The second-order valence-corrected chi connectivity index (χ2v) is 6.10. The number of nitrogens with one attached hydrogen (secondary N) is 1. The molecule has 2 unspecified atom stereocenters. The predicted octanol–water partition coefficient (Wildman–Crippen LogP) is 4.45. The number of hydrogen-bond donors (Lipinski definition) is 1. The Bertz CT molecular complexity index is 389. The highest BCUT2D eigenvalue weighted by molar-refractivity contribution is 5.27. The number of rotatable bonds is 8. The molecule has 20 heavy (non-hydrogen) atoms. The van der Waals surface area contributed by atoms with Crippen molar-refractivity contribution in [1.29, 1.82) is 0 Å². The summed E-state index contributed by atoms with van der Waals surface area (Å²) < 4.78 is 0. The summed E-state index contributed by atoms with van der Waals surface area (Å²) in [5.74, 6) is 0.628. The van der Waals surface area contributed by atoms with E-state index < -0.39 is 0 Å². The van der Waals surface area contributed by atoms with Crippen LogP contribution < -0.4 is 5.32 Å². The Balaban J connectivity index is 2.07. The van der Waals surface area contributed by atoms with Crippen molar-refractivity contribution in [2.45, 2.75) is 77.2 Å². The molecule has 1 aliphatic carbocycles. The summed E-state index contributed by atoms with van der Waals surface area (Å²) in [6.45, 7) is 5.67. The van der Waals surface area contributed by atoms with E-state index in [9.17, 15) is 0 Å². The molecule has 2 atom stereocenters. The normalized spacial score (nSPS) is 19.6. The Morgan fingerprint density at radius 2 is 2.20 bits per heavy atom. The van der Waals surface area contributed by atoms with Crippen LogP contribution in [0.5, 0.6) is 0 Å². The summed E-state index contributed by atoms with van der Waals surface area (Å²) in [7, 11) is 0. The van der Waals surface area contributed by atoms with Gasteiger partial charge in [0.25, 0.3) is 0 Å². The number of aryl methyl sites for hydroxylation is 1. The van der Waals surface area contributed by atoms with E-state index in [0.717, 1.165) is 6.54 Å². The van der Waals surface area contributed by atoms with Crippen molar-refractivity contribution < 1.29 is 0 Å². The second-order valence-electron chi connectivity index (χ2n) is 6.10. The molecule has 0 saturated carbocycles. The van der Waals surface area contributed by atoms with Gasteiger partial charge in [-0.15, -0.1) is 0 Å². The summed E-state index contributed by atoms with van der Waals surface area (Å²) in [5.41, 5.74) is 2.87. The van der Waals surface area contributed by atoms with Gasteiger partial charge in [0.15, 0.2) is 0 Å². The van der Waals surface area contributed by atoms with Crippen LogP contribution in [0.1, 0.15) is 76.0 Å². The van der Waals surface area contributed by atoms with Crippen molar-refractivity contribution in [2.24, 2.45) is 0 Å². The van der Waals surface area contributed by atoms with Crippen molar-refractivity contribution in [3.63, 3.8) is 0 Å². The van der Waals surface area contributed by atoms with Crippen LogP contribution in [-0.4, -0.2) is 17.6 Å². The minimum atomic E-state index is 0.621. The van der Waals surface area contributed by atoms with Crippen LogP contribution in [0.4, 0.5) is 0 Å². The molecule has 0 spiro atoms. The van der Waals surface area contributed by atoms with Gasteiger partial charge in [0.2, 0.25) is 0 Å². The molecule has 0 radical (unpaired) electrons. The molecule has 112 valence electrons. The van der Waals surface area contributed by atoms with Gasteiger partial charge in [-0.05, 0) is 50.3 Å². The van der Waals surface area contributed by atoms with Gasteiger partial charge < -0.3 is 5.32 Å². The maximum Gasteiger partial charge on any atom is 0.0481 e. The first-order valence-corrected chi connectivity index (χ1v) is 8.54. The molecule has 1 aromatic heterocycles. The van der Waals surface area contributed by atoms with Crippen LogP contribution in [-0.2, 0) is 6.42 Å². The molecule has 0 saturated heterocycles. The van der Waals surface area contributed by atoms with E-state index in [2.05, 4.69) is 31.3 Å². The van der Waals surface area contributed by atoms with Crippen molar-refractivity contribution in [1.82, 2.24) is 10.3 Å². The predicted molar refractivity (Wildman–Crippen MR) is 86.1 cm³/mol. The molecule has 2 heteroatoms. The zero-order valence-corrected chi connectivity index (χ0v) is 13.2. The Morgan fingerprint density at radius 1 is 1.30 bits per heavy atom. The lowest BCUT2D eigenvalue weighted by Gasteiger charge is -2.32. The third-order valence-electron chi connectivity index (χ3n) is 4.50. The molecule has 0 aromatic carbocycles. The van der Waals surface area contributed by atoms with E-state index in [1.54, 1.807) is 0 Å². The van der Waals surface area contributed by atoms with E-state index in [0.29, 0.717) is 12.0 Å². The van der Waals surface area contributed by atoms with Crippen LogP contribution in [0.3, 0.4) is 0 Å². The molecule has 0 bridgehead atoms. The molecular weight excluding hydrogens is 244 g/mol. The van der Waals surface area contributed by atoms with Gasteiger partial charge in [-0.25, -0.2) is 0 Å². The molecule has 0 aliphatic heterocycles. The summed E-state index contributed by atoms with van der Waals surface area (Å²) in [4.78, 5) is 4.72. The number of fused-ring (bicyclic) bond motifs is 1. The van der Waals surface area contributed by atoms with Gasteiger partial charge in [-0.3, -0.25) is 4.98 Å². The summed E-state index contributed by atoms with van der Waals surface area (Å²) in [6, 6.07) is 4.99. The molecule has 1 heterocycles. The van der Waals surface area contributed by atoms with E-state index in [1.807, 2.05) is 6.20 Å². The second kappa shape index (κ2) is 8.41. The molecule has 0 fully saturated rings. The minimum Gasteiger partial charge on any atom is -0.313 e. The maximum absolute atomic E-state index is 4.72. The molecule has 1 aromatic rings. The average molecular weight is 274 g/mol. The number of aromatic nitrogens is 1. The summed E-state index contributed by atoms with van der Waals surface area (Å²) in [5, 5.41) is 3.80. The molecule has 0 amide bonds. The van der Waals surface area contributed by atoms with E-state index >= 15 is 0 Å². The lowest BCUT2D eigenvalue weighted by atomic mass is 9.80. The zero-order valence-electron chi connectivity index (χ0n) is 13.2. The largest absolute Gasteiger partial charge is 0.313 e. The fourth-order valence-electron chi connectivity index (χ4n) is 3.43. The standard InChI is InChI=1S/C18H30N2/c1-3-5-6-12-17(19-13-4-2)16-11-7-9-15-10-8-14-20-18(15)16/h8,10,14,16-17,19H,3-7,9,11-13H2,1-2H3. The van der Waals surface area contributed by atoms with Gasteiger partial charge in [0.05, 0.1) is 0 Å². The van der Waals surface area contributed by atoms with Crippen LogP contribution in [0.2, 0.25) is 0 Å². The SMILES string of the molecule is CCCCCC(NCCC)C1CCCc2cccnc21. The fourth-order valence-corrected chi connectivity index (χ4v) is 3.43. The Kier molecular flexibility index (Phi) is 6.52. The number of nitrogens with zero attached hydrogens (tertiary/aromatic N) is 1. The Morgan fingerprint density at radius 3 is 3.00 bits per heavy atom. The molecule has 2 nitrogen and oxygen atoms in total.